The summed E-state index contributed by atoms with van der Waals surface area (Å²) in [5, 5.41) is 3.32. The fraction of sp³-hybridized carbons (Fsp3) is 0.632. The number of nitrogens with zero attached hydrogens (tertiary/aromatic N) is 1. The average Bonchev–Trinajstić information content (AvgIpc) is 2.64. The summed E-state index contributed by atoms with van der Waals surface area (Å²) in [5.74, 6) is 0.119. The van der Waals surface area contributed by atoms with E-state index in [1.165, 1.54) is 12.1 Å². The zero-order valence-electron chi connectivity index (χ0n) is 14.0. The van der Waals surface area contributed by atoms with Gasteiger partial charge in [0, 0.05) is 6.54 Å². The number of hydrogen-bond donors (Lipinski definition) is 1. The van der Waals surface area contributed by atoms with Crippen LogP contribution in [0.1, 0.15) is 31.2 Å². The molecule has 24 heavy (non-hydrogen) atoms. The zero-order valence-corrected chi connectivity index (χ0v) is 14.0. The van der Waals surface area contributed by atoms with E-state index in [0.717, 1.165) is 51.1 Å². The Balaban J connectivity index is 1.56. The molecule has 4 saturated heterocycles. The number of fused-ring (bicyclic) bond motifs is 3. The molecule has 0 saturated carbocycles. The number of ether oxygens (including phenoxy) is 1. The molecular formula is C19H25FN2O2. The maximum atomic E-state index is 13.3. The second kappa shape index (κ2) is 6.45. The van der Waals surface area contributed by atoms with Gasteiger partial charge in [-0.15, -0.1) is 0 Å². The highest BCUT2D eigenvalue weighted by atomic mass is 19.1. The second-order valence-corrected chi connectivity index (χ2v) is 7.42. The summed E-state index contributed by atoms with van der Waals surface area (Å²) in [7, 11) is 0. The summed E-state index contributed by atoms with van der Waals surface area (Å²) >= 11 is 0. The summed E-state index contributed by atoms with van der Waals surface area (Å²) in [6.45, 7) is 4.70. The molecule has 1 aromatic rings. The van der Waals surface area contributed by atoms with Gasteiger partial charge in [0.15, 0.2) is 0 Å². The molecule has 0 amide bonds. The van der Waals surface area contributed by atoms with Crippen LogP contribution in [-0.4, -0.2) is 49.7 Å². The highest BCUT2D eigenvalue weighted by molar-refractivity contribution is 5.83. The van der Waals surface area contributed by atoms with Crippen LogP contribution in [0.2, 0.25) is 0 Å². The van der Waals surface area contributed by atoms with Gasteiger partial charge in [0.05, 0.1) is 5.41 Å². The predicted octanol–water partition coefficient (Wildman–Crippen LogP) is 2.08. The number of esters is 1. The fourth-order valence-corrected chi connectivity index (χ4v) is 4.53. The van der Waals surface area contributed by atoms with Gasteiger partial charge < -0.3 is 10.1 Å². The molecule has 0 aromatic heterocycles. The molecule has 4 aliphatic rings. The number of piperidine rings is 4. The van der Waals surface area contributed by atoms with Gasteiger partial charge in [0.25, 0.3) is 0 Å². The van der Waals surface area contributed by atoms with Gasteiger partial charge in [-0.25, -0.2) is 4.39 Å². The second-order valence-electron chi connectivity index (χ2n) is 7.42. The molecule has 4 aliphatic heterocycles. The van der Waals surface area contributed by atoms with E-state index in [0.29, 0.717) is 18.8 Å². The quantitative estimate of drug-likeness (QED) is 0.861. The monoisotopic (exact) mass is 332 g/mol. The lowest BCUT2D eigenvalue weighted by Gasteiger charge is -2.45. The molecule has 0 aliphatic carbocycles. The van der Waals surface area contributed by atoms with E-state index in [-0.39, 0.29) is 17.9 Å². The molecule has 4 nitrogen and oxygen atoms in total. The highest BCUT2D eigenvalue weighted by Gasteiger charge is 2.45. The van der Waals surface area contributed by atoms with Gasteiger partial charge in [0.1, 0.15) is 11.9 Å². The van der Waals surface area contributed by atoms with Crippen molar-refractivity contribution in [3.63, 3.8) is 0 Å². The topological polar surface area (TPSA) is 41.6 Å². The van der Waals surface area contributed by atoms with Crippen molar-refractivity contribution in [1.82, 2.24) is 10.2 Å². The SMILES string of the molecule is O=C(OC1CN2CCC1CC2)C1(c2ccc(F)cc2)CCNCC1. The molecule has 1 atom stereocenters. The molecule has 1 N–H and O–H groups in total. The smallest absolute Gasteiger partial charge is 0.316 e. The van der Waals surface area contributed by atoms with Gasteiger partial charge in [-0.1, -0.05) is 12.1 Å². The Kier molecular flexibility index (Phi) is 4.31. The van der Waals surface area contributed by atoms with E-state index in [4.69, 9.17) is 4.74 Å². The van der Waals surface area contributed by atoms with E-state index in [1.54, 1.807) is 12.1 Å². The number of carbonyl (C=O) groups excluding carboxylic acids is 1. The number of hydrogen-bond acceptors (Lipinski definition) is 4. The minimum Gasteiger partial charge on any atom is -0.460 e. The molecule has 5 rings (SSSR count). The summed E-state index contributed by atoms with van der Waals surface area (Å²) in [4.78, 5) is 15.6. The fourth-order valence-electron chi connectivity index (χ4n) is 4.53. The van der Waals surface area contributed by atoms with Gasteiger partial charge in [-0.05, 0) is 75.5 Å². The molecule has 1 unspecified atom stereocenters. The van der Waals surface area contributed by atoms with Gasteiger partial charge in [0.2, 0.25) is 0 Å². The Morgan fingerprint density at radius 3 is 2.42 bits per heavy atom. The normalized spacial score (nSPS) is 31.6. The van der Waals surface area contributed by atoms with Crippen LogP contribution in [0.15, 0.2) is 24.3 Å². The number of carbonyl (C=O) groups is 1. The predicted molar refractivity (Wildman–Crippen MR) is 89.2 cm³/mol. The maximum absolute atomic E-state index is 13.3. The number of halogens is 1. The molecular weight excluding hydrogens is 307 g/mol. The van der Waals surface area contributed by atoms with Crippen LogP contribution in [0, 0.1) is 11.7 Å². The third-order valence-electron chi connectivity index (χ3n) is 6.10. The Morgan fingerprint density at radius 1 is 1.17 bits per heavy atom. The molecule has 0 spiro atoms. The van der Waals surface area contributed by atoms with Gasteiger partial charge in [-0.3, -0.25) is 9.69 Å². The molecule has 2 bridgehead atoms. The summed E-state index contributed by atoms with van der Waals surface area (Å²) in [6.07, 6.45) is 3.69. The first kappa shape index (κ1) is 16.0. The summed E-state index contributed by atoms with van der Waals surface area (Å²) in [6, 6.07) is 6.39. The Morgan fingerprint density at radius 2 is 1.83 bits per heavy atom. The van der Waals surface area contributed by atoms with E-state index >= 15 is 0 Å². The van der Waals surface area contributed by atoms with Crippen LogP contribution >= 0.6 is 0 Å². The average molecular weight is 332 g/mol. The van der Waals surface area contributed by atoms with Crippen LogP contribution in [0.3, 0.4) is 0 Å². The lowest BCUT2D eigenvalue weighted by Crippen LogP contribution is -2.54. The van der Waals surface area contributed by atoms with Crippen molar-refractivity contribution in [2.75, 3.05) is 32.7 Å². The number of rotatable bonds is 3. The first-order chi connectivity index (χ1) is 11.7. The van der Waals surface area contributed by atoms with E-state index in [9.17, 15) is 9.18 Å². The lowest BCUT2D eigenvalue weighted by molar-refractivity contribution is -0.167. The van der Waals surface area contributed by atoms with Crippen molar-refractivity contribution in [2.24, 2.45) is 5.92 Å². The van der Waals surface area contributed by atoms with E-state index < -0.39 is 5.41 Å². The molecule has 4 fully saturated rings. The summed E-state index contributed by atoms with van der Waals surface area (Å²) in [5.41, 5.74) is 0.252. The van der Waals surface area contributed by atoms with Crippen LogP contribution < -0.4 is 5.32 Å². The number of nitrogens with one attached hydrogen (secondary N) is 1. The largest absolute Gasteiger partial charge is 0.460 e. The van der Waals surface area contributed by atoms with Crippen molar-refractivity contribution in [2.45, 2.75) is 37.2 Å². The van der Waals surface area contributed by atoms with Crippen molar-refractivity contribution in [3.05, 3.63) is 35.6 Å². The van der Waals surface area contributed by atoms with Crippen LogP contribution in [0.4, 0.5) is 4.39 Å². The molecule has 5 heteroatoms. The van der Waals surface area contributed by atoms with Crippen LogP contribution in [0.25, 0.3) is 0 Å². The standard InChI is InChI=1S/C19H25FN2O2/c20-16-3-1-15(2-4-16)19(7-9-21-10-8-19)18(23)24-17-13-22-11-5-14(17)6-12-22/h1-4,14,17,21H,5-13H2. The highest BCUT2D eigenvalue weighted by Crippen LogP contribution is 2.37. The first-order valence-corrected chi connectivity index (χ1v) is 9.08. The van der Waals surface area contributed by atoms with Crippen molar-refractivity contribution in [3.8, 4) is 0 Å². The summed E-state index contributed by atoms with van der Waals surface area (Å²) < 4.78 is 19.4. The first-order valence-electron chi connectivity index (χ1n) is 9.08. The van der Waals surface area contributed by atoms with E-state index in [2.05, 4.69) is 10.2 Å². The molecule has 0 radical (unpaired) electrons. The van der Waals surface area contributed by atoms with Gasteiger partial charge in [-0.2, -0.15) is 0 Å². The Bertz CT molecular complexity index is 590. The van der Waals surface area contributed by atoms with Crippen LogP contribution in [-0.2, 0) is 14.9 Å². The zero-order chi connectivity index (χ0) is 16.6. The Hall–Kier alpha value is -1.46. The lowest BCUT2D eigenvalue weighted by atomic mass is 9.73. The van der Waals surface area contributed by atoms with Crippen LogP contribution in [0.5, 0.6) is 0 Å². The third kappa shape index (κ3) is 2.84. The van der Waals surface area contributed by atoms with Crippen molar-refractivity contribution in [1.29, 1.82) is 0 Å². The Labute approximate surface area is 142 Å². The number of benzene rings is 1. The van der Waals surface area contributed by atoms with Crippen molar-refractivity contribution >= 4 is 5.97 Å². The molecule has 4 heterocycles. The third-order valence-corrected chi connectivity index (χ3v) is 6.10. The minimum absolute atomic E-state index is 0.0206. The molecule has 1 aromatic carbocycles. The molecule has 130 valence electrons. The maximum Gasteiger partial charge on any atom is 0.316 e. The van der Waals surface area contributed by atoms with E-state index in [1.807, 2.05) is 0 Å². The van der Waals surface area contributed by atoms with Crippen molar-refractivity contribution < 1.29 is 13.9 Å². The minimum atomic E-state index is -0.634. The van der Waals surface area contributed by atoms with Gasteiger partial charge >= 0.3 is 5.97 Å².